The molecule has 0 saturated carbocycles. The van der Waals surface area contributed by atoms with Crippen LogP contribution in [0.3, 0.4) is 0 Å². The summed E-state index contributed by atoms with van der Waals surface area (Å²) >= 11 is 5.95. The van der Waals surface area contributed by atoms with E-state index >= 15 is 0 Å². The second-order valence-corrected chi connectivity index (χ2v) is 3.42. The summed E-state index contributed by atoms with van der Waals surface area (Å²) in [6.45, 7) is 3.08. The van der Waals surface area contributed by atoms with Crippen LogP contribution in [0.2, 0.25) is 0 Å². The molecule has 0 saturated heterocycles. The number of hydrogen-bond donors (Lipinski definition) is 0. The summed E-state index contributed by atoms with van der Waals surface area (Å²) in [5.41, 5.74) is 0. The van der Waals surface area contributed by atoms with Gasteiger partial charge in [-0.15, -0.1) is 11.6 Å². The van der Waals surface area contributed by atoms with Crippen LogP contribution in [0.4, 0.5) is 0 Å². The zero-order valence-electron chi connectivity index (χ0n) is 8.05. The molecule has 0 heterocycles. The molecular formula is C8H18ClNO2. The van der Waals surface area contributed by atoms with Crippen LogP contribution in [0.15, 0.2) is 0 Å². The predicted octanol–water partition coefficient (Wildman–Crippen LogP) is 0.818. The van der Waals surface area contributed by atoms with Gasteiger partial charge in [0, 0.05) is 27.3 Å². The minimum absolute atomic E-state index is 0.0665. The molecule has 0 bridgehead atoms. The van der Waals surface area contributed by atoms with Gasteiger partial charge in [-0.3, -0.25) is 0 Å². The van der Waals surface area contributed by atoms with Crippen LogP contribution in [-0.4, -0.2) is 57.8 Å². The third-order valence-corrected chi connectivity index (χ3v) is 1.80. The van der Waals surface area contributed by atoms with E-state index in [1.807, 2.05) is 7.05 Å². The van der Waals surface area contributed by atoms with Crippen LogP contribution >= 0.6 is 11.6 Å². The van der Waals surface area contributed by atoms with E-state index < -0.39 is 0 Å². The van der Waals surface area contributed by atoms with Gasteiger partial charge in [0.15, 0.2) is 0 Å². The van der Waals surface area contributed by atoms with Gasteiger partial charge in [0.2, 0.25) is 0 Å². The van der Waals surface area contributed by atoms with Crippen molar-refractivity contribution in [2.45, 2.75) is 5.38 Å². The third kappa shape index (κ3) is 6.85. The number of likely N-dealkylation sites (N-methyl/N-ethyl adjacent to an activating group) is 1. The van der Waals surface area contributed by atoms with Gasteiger partial charge in [0.05, 0.1) is 18.6 Å². The van der Waals surface area contributed by atoms with E-state index in [0.717, 1.165) is 19.7 Å². The highest BCUT2D eigenvalue weighted by Gasteiger charge is 2.06. The minimum atomic E-state index is 0.0665. The summed E-state index contributed by atoms with van der Waals surface area (Å²) in [5, 5.41) is 0.0665. The Morgan fingerprint density at radius 3 is 2.50 bits per heavy atom. The Morgan fingerprint density at radius 2 is 2.00 bits per heavy atom. The van der Waals surface area contributed by atoms with Gasteiger partial charge in [-0.1, -0.05) is 0 Å². The predicted molar refractivity (Wildman–Crippen MR) is 50.9 cm³/mol. The van der Waals surface area contributed by atoms with Gasteiger partial charge in [0.1, 0.15) is 0 Å². The summed E-state index contributed by atoms with van der Waals surface area (Å²) < 4.78 is 9.86. The minimum Gasteiger partial charge on any atom is -0.383 e. The number of halogens is 1. The average molecular weight is 196 g/mol. The lowest BCUT2D eigenvalue weighted by molar-refractivity contribution is 0.148. The Labute approximate surface area is 79.6 Å². The second kappa shape index (κ2) is 7.80. The van der Waals surface area contributed by atoms with Crippen LogP contribution in [0.1, 0.15) is 0 Å². The lowest BCUT2D eigenvalue weighted by atomic mass is 10.4. The van der Waals surface area contributed by atoms with Crippen molar-refractivity contribution in [2.24, 2.45) is 0 Å². The van der Waals surface area contributed by atoms with Gasteiger partial charge in [-0.2, -0.15) is 0 Å². The normalized spacial score (nSPS) is 13.8. The number of methoxy groups -OCH3 is 2. The monoisotopic (exact) mass is 195 g/mol. The maximum Gasteiger partial charge on any atom is 0.0696 e. The van der Waals surface area contributed by atoms with Crippen molar-refractivity contribution in [3.8, 4) is 0 Å². The van der Waals surface area contributed by atoms with E-state index in [1.165, 1.54) is 0 Å². The van der Waals surface area contributed by atoms with Crippen molar-refractivity contribution in [1.82, 2.24) is 4.90 Å². The van der Waals surface area contributed by atoms with Gasteiger partial charge < -0.3 is 14.4 Å². The molecule has 0 spiro atoms. The maximum atomic E-state index is 5.95. The van der Waals surface area contributed by atoms with Gasteiger partial charge >= 0.3 is 0 Å². The summed E-state index contributed by atoms with van der Waals surface area (Å²) in [6.07, 6.45) is 0. The highest BCUT2D eigenvalue weighted by Crippen LogP contribution is 1.98. The number of rotatable bonds is 7. The molecule has 0 N–H and O–H groups in total. The smallest absolute Gasteiger partial charge is 0.0696 e. The maximum absolute atomic E-state index is 5.95. The Bertz CT molecular complexity index is 103. The van der Waals surface area contributed by atoms with Gasteiger partial charge in [0.25, 0.3) is 0 Å². The van der Waals surface area contributed by atoms with Gasteiger partial charge in [-0.25, -0.2) is 0 Å². The largest absolute Gasteiger partial charge is 0.383 e. The quantitative estimate of drug-likeness (QED) is 0.562. The van der Waals surface area contributed by atoms with Crippen molar-refractivity contribution in [2.75, 3.05) is 47.6 Å². The van der Waals surface area contributed by atoms with Crippen molar-refractivity contribution < 1.29 is 9.47 Å². The Morgan fingerprint density at radius 1 is 1.33 bits per heavy atom. The fraction of sp³-hybridized carbons (Fsp3) is 1.00. The summed E-state index contributed by atoms with van der Waals surface area (Å²) in [4.78, 5) is 2.13. The number of alkyl halides is 1. The van der Waals surface area contributed by atoms with Crippen molar-refractivity contribution >= 4 is 11.6 Å². The highest BCUT2D eigenvalue weighted by atomic mass is 35.5. The molecule has 4 heteroatoms. The zero-order chi connectivity index (χ0) is 9.40. The molecule has 1 atom stereocenters. The fourth-order valence-electron chi connectivity index (χ4n) is 0.910. The first-order chi connectivity index (χ1) is 5.70. The molecule has 0 aliphatic rings. The van der Waals surface area contributed by atoms with Crippen molar-refractivity contribution in [3.63, 3.8) is 0 Å². The molecule has 3 nitrogen and oxygen atoms in total. The lowest BCUT2D eigenvalue weighted by Crippen LogP contribution is -2.31. The van der Waals surface area contributed by atoms with Crippen LogP contribution in [-0.2, 0) is 9.47 Å². The molecule has 0 aliphatic heterocycles. The first-order valence-corrected chi connectivity index (χ1v) is 4.44. The molecule has 0 aromatic heterocycles. The van der Waals surface area contributed by atoms with E-state index in [4.69, 9.17) is 21.1 Å². The SMILES string of the molecule is COCCN(C)CC(Cl)COC. The van der Waals surface area contributed by atoms with E-state index in [0.29, 0.717) is 6.61 Å². The molecule has 0 fully saturated rings. The van der Waals surface area contributed by atoms with Crippen LogP contribution in [0.5, 0.6) is 0 Å². The van der Waals surface area contributed by atoms with Crippen LogP contribution in [0, 0.1) is 0 Å². The number of ether oxygens (including phenoxy) is 2. The Balaban J connectivity index is 3.33. The molecule has 1 unspecified atom stereocenters. The van der Waals surface area contributed by atoms with Crippen molar-refractivity contribution in [1.29, 1.82) is 0 Å². The molecule has 0 amide bonds. The molecular weight excluding hydrogens is 178 g/mol. The Hall–Kier alpha value is 0.170. The third-order valence-electron chi connectivity index (χ3n) is 1.53. The van der Waals surface area contributed by atoms with E-state index in [9.17, 15) is 0 Å². The van der Waals surface area contributed by atoms with E-state index in [1.54, 1.807) is 14.2 Å². The molecule has 0 aromatic rings. The number of nitrogens with zero attached hydrogens (tertiary/aromatic N) is 1. The highest BCUT2D eigenvalue weighted by molar-refractivity contribution is 6.20. The molecule has 0 rings (SSSR count). The molecule has 74 valence electrons. The summed E-state index contributed by atoms with van der Waals surface area (Å²) in [6, 6.07) is 0. The number of hydrogen-bond acceptors (Lipinski definition) is 3. The van der Waals surface area contributed by atoms with Crippen LogP contribution < -0.4 is 0 Å². The Kier molecular flexibility index (Phi) is 7.91. The zero-order valence-corrected chi connectivity index (χ0v) is 8.80. The summed E-state index contributed by atoms with van der Waals surface area (Å²) in [5.74, 6) is 0. The van der Waals surface area contributed by atoms with E-state index in [2.05, 4.69) is 4.90 Å². The van der Waals surface area contributed by atoms with Crippen LogP contribution in [0.25, 0.3) is 0 Å². The fourth-order valence-corrected chi connectivity index (χ4v) is 1.27. The first-order valence-electron chi connectivity index (χ1n) is 4.01. The molecule has 12 heavy (non-hydrogen) atoms. The van der Waals surface area contributed by atoms with E-state index in [-0.39, 0.29) is 5.38 Å². The topological polar surface area (TPSA) is 21.7 Å². The lowest BCUT2D eigenvalue weighted by Gasteiger charge is -2.18. The van der Waals surface area contributed by atoms with Gasteiger partial charge in [-0.05, 0) is 7.05 Å². The summed E-state index contributed by atoms with van der Waals surface area (Å²) in [7, 11) is 5.37. The van der Waals surface area contributed by atoms with Crippen molar-refractivity contribution in [3.05, 3.63) is 0 Å². The second-order valence-electron chi connectivity index (χ2n) is 2.81. The molecule has 0 aliphatic carbocycles. The average Bonchev–Trinajstić information content (AvgIpc) is 2.01. The molecule has 0 aromatic carbocycles. The standard InChI is InChI=1S/C8H18ClNO2/c1-10(4-5-11-2)6-8(9)7-12-3/h8H,4-7H2,1-3H3. The molecule has 0 radical (unpaired) electrons. The first kappa shape index (κ1) is 12.2.